The van der Waals surface area contributed by atoms with E-state index in [1.807, 2.05) is 23.1 Å². The van der Waals surface area contributed by atoms with Gasteiger partial charge in [0.05, 0.1) is 6.54 Å². The summed E-state index contributed by atoms with van der Waals surface area (Å²) in [6, 6.07) is 11.0. The number of fused-ring (bicyclic) bond motifs is 1. The van der Waals surface area contributed by atoms with Crippen molar-refractivity contribution in [3.63, 3.8) is 0 Å². The fraction of sp³-hybridized carbons (Fsp3) is 0.500. The van der Waals surface area contributed by atoms with Crippen LogP contribution in [-0.4, -0.2) is 48.0 Å². The van der Waals surface area contributed by atoms with Crippen molar-refractivity contribution in [1.82, 2.24) is 20.4 Å². The normalized spacial score (nSPS) is 15.0. The van der Waals surface area contributed by atoms with Gasteiger partial charge in [0.25, 0.3) is 0 Å². The third-order valence-corrected chi connectivity index (χ3v) is 4.73. The van der Waals surface area contributed by atoms with E-state index in [4.69, 9.17) is 4.99 Å². The Bertz CT molecular complexity index is 694. The van der Waals surface area contributed by atoms with Crippen LogP contribution in [0.4, 0.5) is 5.69 Å². The van der Waals surface area contributed by atoms with E-state index < -0.39 is 0 Å². The summed E-state index contributed by atoms with van der Waals surface area (Å²) in [5.74, 6) is 0.896. The van der Waals surface area contributed by atoms with Gasteiger partial charge < -0.3 is 15.5 Å². The predicted octanol–water partition coefficient (Wildman–Crippen LogP) is 2.28. The van der Waals surface area contributed by atoms with Crippen molar-refractivity contribution in [2.45, 2.75) is 39.3 Å². The molecule has 26 heavy (non-hydrogen) atoms. The number of aliphatic imine (C=N–C) groups is 1. The first-order valence-electron chi connectivity index (χ1n) is 9.62. The summed E-state index contributed by atoms with van der Waals surface area (Å²) in [5.41, 5.74) is 2.82. The second-order valence-corrected chi connectivity index (χ2v) is 6.69. The van der Waals surface area contributed by atoms with Crippen LogP contribution in [0.15, 0.2) is 47.7 Å². The van der Waals surface area contributed by atoms with Crippen LogP contribution >= 0.6 is 0 Å². The average molecular weight is 355 g/mol. The van der Waals surface area contributed by atoms with Crippen molar-refractivity contribution in [3.8, 4) is 0 Å². The van der Waals surface area contributed by atoms with Gasteiger partial charge >= 0.3 is 0 Å². The highest BCUT2D eigenvalue weighted by Gasteiger charge is 2.22. The first-order valence-corrected chi connectivity index (χ1v) is 9.62. The minimum absolute atomic E-state index is 0.387. The average Bonchev–Trinajstić information content (AvgIpc) is 3.32. The number of rotatable bonds is 8. The number of nitrogens with zero attached hydrogens (tertiary/aromatic N) is 4. The van der Waals surface area contributed by atoms with Gasteiger partial charge in [-0.25, -0.2) is 0 Å². The van der Waals surface area contributed by atoms with Crippen molar-refractivity contribution in [2.75, 3.05) is 31.1 Å². The molecule has 1 atom stereocenters. The third-order valence-electron chi connectivity index (χ3n) is 4.73. The predicted molar refractivity (Wildman–Crippen MR) is 108 cm³/mol. The molecule has 0 fully saturated rings. The molecule has 0 amide bonds. The Labute approximate surface area is 156 Å². The Balaban J connectivity index is 1.48. The van der Waals surface area contributed by atoms with Gasteiger partial charge in [-0.1, -0.05) is 18.2 Å². The molecule has 0 spiro atoms. The second-order valence-electron chi connectivity index (χ2n) is 6.69. The van der Waals surface area contributed by atoms with Crippen molar-refractivity contribution >= 4 is 11.6 Å². The lowest BCUT2D eigenvalue weighted by molar-refractivity contribution is 0.569. The number of benzene rings is 1. The molecule has 2 N–H and O–H groups in total. The molecule has 0 aliphatic carbocycles. The number of hydrogen-bond donors (Lipinski definition) is 2. The maximum atomic E-state index is 4.80. The molecule has 0 bridgehead atoms. The van der Waals surface area contributed by atoms with Crippen LogP contribution in [0.25, 0.3) is 0 Å². The number of hydrogen-bond acceptors (Lipinski definition) is 3. The highest BCUT2D eigenvalue weighted by molar-refractivity contribution is 5.79. The monoisotopic (exact) mass is 354 g/mol. The Morgan fingerprint density at radius 2 is 2.15 bits per heavy atom. The van der Waals surface area contributed by atoms with Gasteiger partial charge in [0.1, 0.15) is 0 Å². The topological polar surface area (TPSA) is 57.5 Å². The van der Waals surface area contributed by atoms with Crippen LogP contribution in [0.1, 0.15) is 25.8 Å². The van der Waals surface area contributed by atoms with Crippen molar-refractivity contribution in [3.05, 3.63) is 48.3 Å². The fourth-order valence-corrected chi connectivity index (χ4v) is 3.37. The quantitative estimate of drug-likeness (QED) is 0.434. The molecule has 1 aliphatic rings. The zero-order valence-corrected chi connectivity index (χ0v) is 15.9. The van der Waals surface area contributed by atoms with E-state index in [9.17, 15) is 0 Å². The lowest BCUT2D eigenvalue weighted by Gasteiger charge is -2.26. The molecular formula is C20H30N6. The van der Waals surface area contributed by atoms with Crippen molar-refractivity contribution < 1.29 is 0 Å². The number of para-hydroxylation sites is 1. The Kier molecular flexibility index (Phi) is 6.52. The van der Waals surface area contributed by atoms with E-state index in [1.54, 1.807) is 0 Å². The lowest BCUT2D eigenvalue weighted by Crippen LogP contribution is -2.40. The van der Waals surface area contributed by atoms with Gasteiger partial charge in [-0.05, 0) is 44.4 Å². The molecule has 0 saturated heterocycles. The summed E-state index contributed by atoms with van der Waals surface area (Å²) >= 11 is 0. The molecule has 0 radical (unpaired) electrons. The van der Waals surface area contributed by atoms with E-state index >= 15 is 0 Å². The maximum absolute atomic E-state index is 4.80. The molecule has 6 heteroatoms. The summed E-state index contributed by atoms with van der Waals surface area (Å²) in [6.07, 6.45) is 5.96. The largest absolute Gasteiger partial charge is 0.366 e. The molecule has 3 rings (SSSR count). The zero-order chi connectivity index (χ0) is 18.2. The molecule has 1 unspecified atom stereocenters. The molecule has 1 aliphatic heterocycles. The van der Waals surface area contributed by atoms with Gasteiger partial charge in [0.2, 0.25) is 0 Å². The zero-order valence-electron chi connectivity index (χ0n) is 15.9. The van der Waals surface area contributed by atoms with Crippen LogP contribution in [0.3, 0.4) is 0 Å². The summed E-state index contributed by atoms with van der Waals surface area (Å²) in [6.45, 7) is 8.89. The summed E-state index contributed by atoms with van der Waals surface area (Å²) < 4.78 is 1.96. The van der Waals surface area contributed by atoms with Crippen LogP contribution in [0, 0.1) is 0 Å². The van der Waals surface area contributed by atoms with Gasteiger partial charge in [-0.3, -0.25) is 9.67 Å². The number of guanidine groups is 1. The number of aromatic nitrogens is 2. The molecular weight excluding hydrogens is 324 g/mol. The van der Waals surface area contributed by atoms with Crippen LogP contribution in [0.2, 0.25) is 0 Å². The molecule has 2 aromatic rings. The highest BCUT2D eigenvalue weighted by atomic mass is 15.3. The van der Waals surface area contributed by atoms with Gasteiger partial charge in [0, 0.05) is 50.3 Å². The summed E-state index contributed by atoms with van der Waals surface area (Å²) in [7, 11) is 0. The van der Waals surface area contributed by atoms with Gasteiger partial charge in [-0.2, -0.15) is 5.10 Å². The smallest absolute Gasteiger partial charge is 0.191 e. The first-order chi connectivity index (χ1) is 12.8. The second kappa shape index (κ2) is 9.27. The van der Waals surface area contributed by atoms with Crippen molar-refractivity contribution in [1.29, 1.82) is 0 Å². The summed E-state index contributed by atoms with van der Waals surface area (Å²) in [5, 5.41) is 11.0. The SMILES string of the molecule is CCNC(=NCC(C)N1CCc2ccccc21)NCCCn1cccn1. The molecule has 1 aromatic heterocycles. The minimum atomic E-state index is 0.387. The lowest BCUT2D eigenvalue weighted by atomic mass is 10.2. The Morgan fingerprint density at radius 1 is 1.27 bits per heavy atom. The van der Waals surface area contributed by atoms with Crippen molar-refractivity contribution in [2.24, 2.45) is 4.99 Å². The number of anilines is 1. The molecule has 6 nitrogen and oxygen atoms in total. The first kappa shape index (κ1) is 18.3. The molecule has 140 valence electrons. The maximum Gasteiger partial charge on any atom is 0.191 e. The third kappa shape index (κ3) is 4.77. The standard InChI is InChI=1S/C20H30N6/c1-3-21-20(22-11-6-13-25-14-7-12-24-25)23-16-17(2)26-15-10-18-8-4-5-9-19(18)26/h4-5,7-9,12,14,17H,3,6,10-11,13,15-16H2,1-2H3,(H2,21,22,23). The molecule has 0 saturated carbocycles. The Hall–Kier alpha value is -2.50. The fourth-order valence-electron chi connectivity index (χ4n) is 3.37. The summed E-state index contributed by atoms with van der Waals surface area (Å²) in [4.78, 5) is 7.27. The molecule has 1 aromatic carbocycles. The number of nitrogens with one attached hydrogen (secondary N) is 2. The van der Waals surface area contributed by atoms with E-state index in [-0.39, 0.29) is 0 Å². The van der Waals surface area contributed by atoms with Crippen LogP contribution in [0.5, 0.6) is 0 Å². The van der Waals surface area contributed by atoms with E-state index in [1.165, 1.54) is 11.3 Å². The van der Waals surface area contributed by atoms with Gasteiger partial charge in [0.15, 0.2) is 5.96 Å². The van der Waals surface area contributed by atoms with E-state index in [0.717, 1.165) is 51.5 Å². The van der Waals surface area contributed by atoms with E-state index in [0.29, 0.717) is 6.04 Å². The minimum Gasteiger partial charge on any atom is -0.366 e. The highest BCUT2D eigenvalue weighted by Crippen LogP contribution is 2.29. The van der Waals surface area contributed by atoms with Crippen LogP contribution < -0.4 is 15.5 Å². The Morgan fingerprint density at radius 3 is 2.96 bits per heavy atom. The van der Waals surface area contributed by atoms with E-state index in [2.05, 4.69) is 58.7 Å². The molecule has 2 heterocycles. The van der Waals surface area contributed by atoms with Crippen LogP contribution in [-0.2, 0) is 13.0 Å². The van der Waals surface area contributed by atoms with Gasteiger partial charge in [-0.15, -0.1) is 0 Å². The number of aryl methyl sites for hydroxylation is 1.